The minimum Gasteiger partial charge on any atom is -0.497 e. The summed E-state index contributed by atoms with van der Waals surface area (Å²) in [6.07, 6.45) is 0. The molecule has 4 nitrogen and oxygen atoms in total. The number of aromatic amines is 1. The average molecular weight is 311 g/mol. The Labute approximate surface area is 133 Å². The number of aromatic nitrogens is 3. The number of hydrogen-bond acceptors (Lipinski definition) is 4. The summed E-state index contributed by atoms with van der Waals surface area (Å²) < 4.78 is 5.16. The molecule has 0 radical (unpaired) electrons. The molecule has 1 N–H and O–H groups in total. The Morgan fingerprint density at radius 2 is 1.77 bits per heavy atom. The molecular weight excluding hydrogens is 294 g/mol. The number of methoxy groups -OCH3 is 1. The summed E-state index contributed by atoms with van der Waals surface area (Å²) in [5, 5.41) is 8.35. The quantitative estimate of drug-likeness (QED) is 0.712. The zero-order valence-corrected chi connectivity index (χ0v) is 13.3. The van der Waals surface area contributed by atoms with E-state index in [9.17, 15) is 0 Å². The zero-order valence-electron chi connectivity index (χ0n) is 12.5. The summed E-state index contributed by atoms with van der Waals surface area (Å²) in [4.78, 5) is 4.56. The van der Waals surface area contributed by atoms with Crippen LogP contribution < -0.4 is 4.74 Å². The Morgan fingerprint density at radius 1 is 1.05 bits per heavy atom. The van der Waals surface area contributed by atoms with Gasteiger partial charge in [-0.2, -0.15) is 0 Å². The predicted octanol–water partition coefficient (Wildman–Crippen LogP) is 4.33. The van der Waals surface area contributed by atoms with Crippen molar-refractivity contribution in [3.05, 3.63) is 60.2 Å². The van der Waals surface area contributed by atoms with E-state index in [-0.39, 0.29) is 0 Å². The van der Waals surface area contributed by atoms with Crippen LogP contribution in [0.5, 0.6) is 5.75 Å². The van der Waals surface area contributed by atoms with Gasteiger partial charge >= 0.3 is 0 Å². The molecular formula is C17H17N3OS. The van der Waals surface area contributed by atoms with Gasteiger partial charge in [0.15, 0.2) is 5.82 Å². The Kier molecular flexibility index (Phi) is 4.44. The first-order valence-corrected chi connectivity index (χ1v) is 7.92. The van der Waals surface area contributed by atoms with Gasteiger partial charge in [-0.15, -0.1) is 5.10 Å². The number of thioether (sulfide) groups is 1. The van der Waals surface area contributed by atoms with E-state index in [0.29, 0.717) is 5.25 Å². The number of benzene rings is 2. The molecule has 0 aliphatic carbocycles. The molecule has 2 aromatic carbocycles. The summed E-state index contributed by atoms with van der Waals surface area (Å²) >= 11 is 1.64. The van der Waals surface area contributed by atoms with Gasteiger partial charge in [0.1, 0.15) is 5.75 Å². The summed E-state index contributed by atoms with van der Waals surface area (Å²) in [7, 11) is 1.66. The molecule has 112 valence electrons. The standard InChI is InChI=1S/C17H17N3OS/c1-12(13-6-4-3-5-7-13)22-17-18-16(19-20-17)14-8-10-15(21-2)11-9-14/h3-12H,1-2H3,(H,18,19,20). The lowest BCUT2D eigenvalue weighted by atomic mass is 10.2. The summed E-state index contributed by atoms with van der Waals surface area (Å²) in [6, 6.07) is 18.1. The maximum absolute atomic E-state index is 5.16. The first-order valence-electron chi connectivity index (χ1n) is 7.04. The highest BCUT2D eigenvalue weighted by atomic mass is 32.2. The van der Waals surface area contributed by atoms with Crippen molar-refractivity contribution in [3.8, 4) is 17.1 Å². The van der Waals surface area contributed by atoms with E-state index in [1.165, 1.54) is 5.56 Å². The molecule has 1 unspecified atom stereocenters. The van der Waals surface area contributed by atoms with Crippen molar-refractivity contribution < 1.29 is 4.74 Å². The first-order chi connectivity index (χ1) is 10.8. The smallest absolute Gasteiger partial charge is 0.209 e. The van der Waals surface area contributed by atoms with Gasteiger partial charge < -0.3 is 4.74 Å². The van der Waals surface area contributed by atoms with Gasteiger partial charge in [0, 0.05) is 10.8 Å². The van der Waals surface area contributed by atoms with E-state index in [4.69, 9.17) is 4.74 Å². The van der Waals surface area contributed by atoms with Gasteiger partial charge in [0.25, 0.3) is 0 Å². The molecule has 0 bridgehead atoms. The summed E-state index contributed by atoms with van der Waals surface area (Å²) in [5.41, 5.74) is 2.26. The van der Waals surface area contributed by atoms with Crippen LogP contribution in [0.15, 0.2) is 59.8 Å². The summed E-state index contributed by atoms with van der Waals surface area (Å²) in [6.45, 7) is 2.16. The fourth-order valence-corrected chi connectivity index (χ4v) is 2.98. The number of hydrogen-bond donors (Lipinski definition) is 1. The van der Waals surface area contributed by atoms with Crippen LogP contribution in [0.3, 0.4) is 0 Å². The van der Waals surface area contributed by atoms with E-state index in [1.807, 2.05) is 42.5 Å². The maximum Gasteiger partial charge on any atom is 0.209 e. The molecule has 0 amide bonds. The van der Waals surface area contributed by atoms with Crippen molar-refractivity contribution in [2.24, 2.45) is 0 Å². The zero-order chi connectivity index (χ0) is 15.4. The SMILES string of the molecule is COc1ccc(-c2nc(SC(C)c3ccccc3)n[nH]2)cc1. The second-order valence-corrected chi connectivity index (χ2v) is 6.17. The topological polar surface area (TPSA) is 50.8 Å². The summed E-state index contributed by atoms with van der Waals surface area (Å²) in [5.74, 6) is 1.60. The number of rotatable bonds is 5. The Bertz CT molecular complexity index is 725. The Hall–Kier alpha value is -2.27. The molecule has 0 saturated carbocycles. The maximum atomic E-state index is 5.16. The molecule has 1 atom stereocenters. The van der Waals surface area contributed by atoms with Gasteiger partial charge in [0.2, 0.25) is 5.16 Å². The van der Waals surface area contributed by atoms with Gasteiger partial charge in [-0.05, 0) is 36.8 Å². The highest BCUT2D eigenvalue weighted by molar-refractivity contribution is 7.99. The molecule has 22 heavy (non-hydrogen) atoms. The van der Waals surface area contributed by atoms with Crippen LogP contribution in [0.2, 0.25) is 0 Å². The van der Waals surface area contributed by atoms with Gasteiger partial charge in [-0.25, -0.2) is 4.98 Å². The average Bonchev–Trinajstić information content (AvgIpc) is 3.04. The largest absolute Gasteiger partial charge is 0.497 e. The molecule has 0 aliphatic heterocycles. The predicted molar refractivity (Wildman–Crippen MR) is 89.1 cm³/mol. The number of ether oxygens (including phenoxy) is 1. The lowest BCUT2D eigenvalue weighted by molar-refractivity contribution is 0.415. The third-order valence-corrected chi connectivity index (χ3v) is 4.40. The Morgan fingerprint density at radius 3 is 2.45 bits per heavy atom. The lowest BCUT2D eigenvalue weighted by Crippen LogP contribution is -1.88. The molecule has 1 heterocycles. The van der Waals surface area contributed by atoms with Crippen molar-refractivity contribution in [2.45, 2.75) is 17.3 Å². The third-order valence-electron chi connectivity index (χ3n) is 3.38. The normalized spacial score (nSPS) is 12.1. The first kappa shape index (κ1) is 14.7. The monoisotopic (exact) mass is 311 g/mol. The van der Waals surface area contributed by atoms with E-state index in [2.05, 4.69) is 34.2 Å². The van der Waals surface area contributed by atoms with E-state index >= 15 is 0 Å². The number of H-pyrrole nitrogens is 1. The highest BCUT2D eigenvalue weighted by Crippen LogP contribution is 2.33. The van der Waals surface area contributed by atoms with Crippen LogP contribution in [0.4, 0.5) is 0 Å². The molecule has 0 fully saturated rings. The molecule has 0 spiro atoms. The van der Waals surface area contributed by atoms with Gasteiger partial charge in [0.05, 0.1) is 7.11 Å². The Balaban J connectivity index is 1.73. The molecule has 1 aromatic heterocycles. The van der Waals surface area contributed by atoms with Gasteiger partial charge in [-0.3, -0.25) is 5.10 Å². The van der Waals surface area contributed by atoms with Crippen LogP contribution in [-0.2, 0) is 0 Å². The van der Waals surface area contributed by atoms with Gasteiger partial charge in [-0.1, -0.05) is 42.1 Å². The molecule has 3 rings (SSSR count). The van der Waals surface area contributed by atoms with E-state index in [0.717, 1.165) is 22.3 Å². The van der Waals surface area contributed by atoms with Crippen LogP contribution in [0.25, 0.3) is 11.4 Å². The lowest BCUT2D eigenvalue weighted by Gasteiger charge is -2.08. The van der Waals surface area contributed by atoms with Crippen molar-refractivity contribution >= 4 is 11.8 Å². The van der Waals surface area contributed by atoms with E-state index in [1.54, 1.807) is 18.9 Å². The number of nitrogens with zero attached hydrogens (tertiary/aromatic N) is 2. The second-order valence-electron chi connectivity index (χ2n) is 4.87. The van der Waals surface area contributed by atoms with Crippen molar-refractivity contribution in [3.63, 3.8) is 0 Å². The highest BCUT2D eigenvalue weighted by Gasteiger charge is 2.12. The van der Waals surface area contributed by atoms with Crippen LogP contribution in [-0.4, -0.2) is 22.3 Å². The van der Waals surface area contributed by atoms with Crippen LogP contribution in [0.1, 0.15) is 17.7 Å². The van der Waals surface area contributed by atoms with Crippen molar-refractivity contribution in [1.82, 2.24) is 15.2 Å². The molecule has 0 saturated heterocycles. The minimum atomic E-state index is 0.306. The van der Waals surface area contributed by atoms with Crippen molar-refractivity contribution in [2.75, 3.05) is 7.11 Å². The fourth-order valence-electron chi connectivity index (χ4n) is 2.13. The fraction of sp³-hybridized carbons (Fsp3) is 0.176. The number of nitrogens with one attached hydrogen (secondary N) is 1. The molecule has 0 aliphatic rings. The molecule has 5 heteroatoms. The van der Waals surface area contributed by atoms with Crippen LogP contribution >= 0.6 is 11.8 Å². The van der Waals surface area contributed by atoms with E-state index < -0.39 is 0 Å². The molecule has 3 aromatic rings. The minimum absolute atomic E-state index is 0.306. The van der Waals surface area contributed by atoms with Crippen molar-refractivity contribution in [1.29, 1.82) is 0 Å². The van der Waals surface area contributed by atoms with Crippen LogP contribution in [0, 0.1) is 0 Å². The third kappa shape index (κ3) is 3.31. The second kappa shape index (κ2) is 6.66.